The summed E-state index contributed by atoms with van der Waals surface area (Å²) in [5.74, 6) is 0. The van der Waals surface area contributed by atoms with Crippen molar-refractivity contribution in [3.05, 3.63) is 33.8 Å². The molecule has 0 aromatic heterocycles. The zero-order valence-electron chi connectivity index (χ0n) is 9.15. The Morgan fingerprint density at radius 3 is 2.65 bits per heavy atom. The van der Waals surface area contributed by atoms with E-state index in [-0.39, 0.29) is 0 Å². The Labute approximate surface area is 107 Å². The Balaban J connectivity index is 2.19. The molecule has 94 valence electrons. The van der Waals surface area contributed by atoms with Crippen LogP contribution >= 0.6 is 15.9 Å². The number of hydrogen-bond donors (Lipinski definition) is 1. The zero-order chi connectivity index (χ0) is 12.5. The van der Waals surface area contributed by atoms with E-state index in [9.17, 15) is 13.2 Å². The van der Waals surface area contributed by atoms with Gasteiger partial charge >= 0.3 is 6.18 Å². The maximum atomic E-state index is 12.6. The van der Waals surface area contributed by atoms with Crippen LogP contribution in [-0.4, -0.2) is 12.6 Å². The summed E-state index contributed by atoms with van der Waals surface area (Å²) in [6, 6.07) is 4.43. The van der Waals surface area contributed by atoms with Gasteiger partial charge in [0.25, 0.3) is 0 Å². The van der Waals surface area contributed by atoms with E-state index in [0.717, 1.165) is 31.0 Å². The quantitative estimate of drug-likeness (QED) is 0.877. The molecule has 17 heavy (non-hydrogen) atoms. The van der Waals surface area contributed by atoms with Gasteiger partial charge in [-0.1, -0.05) is 15.9 Å². The van der Waals surface area contributed by atoms with Gasteiger partial charge in [0.15, 0.2) is 0 Å². The third-order valence-electron chi connectivity index (χ3n) is 2.93. The topological polar surface area (TPSA) is 12.0 Å². The fourth-order valence-corrected chi connectivity index (χ4v) is 2.69. The van der Waals surface area contributed by atoms with E-state index in [4.69, 9.17) is 0 Å². The number of halogens is 4. The van der Waals surface area contributed by atoms with Gasteiger partial charge in [-0.15, -0.1) is 0 Å². The molecule has 0 saturated carbocycles. The summed E-state index contributed by atoms with van der Waals surface area (Å²) >= 11 is 3.13. The van der Waals surface area contributed by atoms with Gasteiger partial charge in [0, 0.05) is 10.5 Å². The first-order valence-electron chi connectivity index (χ1n) is 5.55. The Bertz CT molecular complexity index is 397. The van der Waals surface area contributed by atoms with E-state index in [1.165, 1.54) is 6.07 Å². The molecule has 1 fully saturated rings. The molecule has 1 saturated heterocycles. The summed E-state index contributed by atoms with van der Waals surface area (Å²) in [6.45, 7) is 0.963. The molecule has 0 amide bonds. The summed E-state index contributed by atoms with van der Waals surface area (Å²) in [5, 5.41) is 3.29. The van der Waals surface area contributed by atoms with Crippen molar-refractivity contribution in [2.24, 2.45) is 0 Å². The predicted molar refractivity (Wildman–Crippen MR) is 63.9 cm³/mol. The number of benzene rings is 1. The molecule has 1 aromatic rings. The Morgan fingerprint density at radius 2 is 2.06 bits per heavy atom. The first-order chi connectivity index (χ1) is 7.95. The minimum absolute atomic E-state index is 0.311. The van der Waals surface area contributed by atoms with Crippen molar-refractivity contribution >= 4 is 15.9 Å². The molecule has 1 aliphatic rings. The maximum absolute atomic E-state index is 12.6. The van der Waals surface area contributed by atoms with Gasteiger partial charge in [-0.25, -0.2) is 0 Å². The van der Waals surface area contributed by atoms with Crippen molar-refractivity contribution in [2.75, 3.05) is 6.54 Å². The van der Waals surface area contributed by atoms with E-state index >= 15 is 0 Å². The molecule has 1 heterocycles. The van der Waals surface area contributed by atoms with E-state index < -0.39 is 11.7 Å². The molecule has 0 aliphatic carbocycles. The highest BCUT2D eigenvalue weighted by Gasteiger charge is 2.31. The average molecular weight is 308 g/mol. The van der Waals surface area contributed by atoms with Gasteiger partial charge in [0.05, 0.1) is 5.56 Å². The smallest absolute Gasteiger partial charge is 0.314 e. The van der Waals surface area contributed by atoms with Crippen LogP contribution in [0, 0.1) is 0 Å². The van der Waals surface area contributed by atoms with E-state index in [2.05, 4.69) is 21.2 Å². The molecular weight excluding hydrogens is 295 g/mol. The first-order valence-corrected chi connectivity index (χ1v) is 6.34. The van der Waals surface area contributed by atoms with Crippen LogP contribution in [0.4, 0.5) is 13.2 Å². The molecule has 1 unspecified atom stereocenters. The van der Waals surface area contributed by atoms with Gasteiger partial charge in [-0.2, -0.15) is 13.2 Å². The first kappa shape index (κ1) is 12.9. The number of rotatable bonds is 2. The molecule has 1 atom stereocenters. The Kier molecular flexibility index (Phi) is 3.78. The Morgan fingerprint density at radius 1 is 1.29 bits per heavy atom. The molecule has 2 rings (SSSR count). The third-order valence-corrected chi connectivity index (χ3v) is 3.39. The molecule has 0 bridgehead atoms. The molecule has 1 N–H and O–H groups in total. The number of alkyl halides is 3. The van der Waals surface area contributed by atoms with E-state index in [0.29, 0.717) is 16.9 Å². The molecule has 1 aliphatic heterocycles. The van der Waals surface area contributed by atoms with E-state index in [1.807, 2.05) is 0 Å². The lowest BCUT2D eigenvalue weighted by Gasteiger charge is -2.13. The van der Waals surface area contributed by atoms with Crippen LogP contribution in [0.5, 0.6) is 0 Å². The highest BCUT2D eigenvalue weighted by atomic mass is 79.9. The largest absolute Gasteiger partial charge is 0.416 e. The molecule has 0 radical (unpaired) electrons. The monoisotopic (exact) mass is 307 g/mol. The van der Waals surface area contributed by atoms with Crippen LogP contribution in [0.15, 0.2) is 22.7 Å². The second kappa shape index (κ2) is 4.98. The van der Waals surface area contributed by atoms with E-state index in [1.54, 1.807) is 6.07 Å². The van der Waals surface area contributed by atoms with Crippen molar-refractivity contribution in [1.82, 2.24) is 5.32 Å². The van der Waals surface area contributed by atoms with Gasteiger partial charge in [-0.3, -0.25) is 0 Å². The number of nitrogens with one attached hydrogen (secondary N) is 1. The fraction of sp³-hybridized carbons (Fsp3) is 0.500. The highest BCUT2D eigenvalue weighted by Crippen LogP contribution is 2.32. The fourth-order valence-electron chi connectivity index (χ4n) is 2.15. The van der Waals surface area contributed by atoms with Crippen LogP contribution < -0.4 is 5.32 Å². The summed E-state index contributed by atoms with van der Waals surface area (Å²) in [7, 11) is 0. The minimum atomic E-state index is -4.28. The Hall–Kier alpha value is -0.550. The molecular formula is C12H13BrF3N. The second-order valence-electron chi connectivity index (χ2n) is 4.34. The summed E-state index contributed by atoms with van der Waals surface area (Å²) < 4.78 is 38.4. The SMILES string of the molecule is FC(F)(F)c1cc(Br)cc(CC2CCCN2)c1. The molecule has 0 spiro atoms. The molecule has 1 aromatic carbocycles. The van der Waals surface area contributed by atoms with Crippen LogP contribution in [0.1, 0.15) is 24.0 Å². The highest BCUT2D eigenvalue weighted by molar-refractivity contribution is 9.10. The lowest BCUT2D eigenvalue weighted by Crippen LogP contribution is -2.23. The summed E-state index contributed by atoms with van der Waals surface area (Å²) in [4.78, 5) is 0. The maximum Gasteiger partial charge on any atom is 0.416 e. The van der Waals surface area contributed by atoms with Crippen LogP contribution in [0.2, 0.25) is 0 Å². The lowest BCUT2D eigenvalue weighted by molar-refractivity contribution is -0.137. The van der Waals surface area contributed by atoms with Crippen molar-refractivity contribution in [3.8, 4) is 0 Å². The van der Waals surface area contributed by atoms with Crippen molar-refractivity contribution in [1.29, 1.82) is 0 Å². The lowest BCUT2D eigenvalue weighted by atomic mass is 10.0. The summed E-state index contributed by atoms with van der Waals surface area (Å²) in [6.07, 6.45) is -1.48. The summed E-state index contributed by atoms with van der Waals surface area (Å²) in [5.41, 5.74) is 0.144. The van der Waals surface area contributed by atoms with Gasteiger partial charge in [0.2, 0.25) is 0 Å². The predicted octanol–water partition coefficient (Wildman–Crippen LogP) is 3.76. The molecule has 1 nitrogen and oxygen atoms in total. The van der Waals surface area contributed by atoms with Crippen LogP contribution in [0.3, 0.4) is 0 Å². The molecule has 5 heteroatoms. The van der Waals surface area contributed by atoms with Crippen molar-refractivity contribution in [2.45, 2.75) is 31.5 Å². The average Bonchev–Trinajstić information content (AvgIpc) is 2.68. The van der Waals surface area contributed by atoms with Crippen molar-refractivity contribution in [3.63, 3.8) is 0 Å². The van der Waals surface area contributed by atoms with Crippen LogP contribution in [0.25, 0.3) is 0 Å². The second-order valence-corrected chi connectivity index (χ2v) is 5.26. The minimum Gasteiger partial charge on any atom is -0.314 e. The number of hydrogen-bond acceptors (Lipinski definition) is 1. The van der Waals surface area contributed by atoms with Gasteiger partial charge in [-0.05, 0) is 49.6 Å². The van der Waals surface area contributed by atoms with Crippen molar-refractivity contribution < 1.29 is 13.2 Å². The zero-order valence-corrected chi connectivity index (χ0v) is 10.7. The normalized spacial score (nSPS) is 20.8. The standard InChI is InChI=1S/C12H13BrF3N/c13-10-5-8(6-11-2-1-3-17-11)4-9(7-10)12(14,15)16/h4-5,7,11,17H,1-3,6H2. The van der Waals surface area contributed by atoms with Gasteiger partial charge in [0.1, 0.15) is 0 Å². The van der Waals surface area contributed by atoms with Gasteiger partial charge < -0.3 is 5.32 Å². The third kappa shape index (κ3) is 3.45. The van der Waals surface area contributed by atoms with Crippen LogP contribution in [-0.2, 0) is 12.6 Å².